The van der Waals surface area contributed by atoms with E-state index < -0.39 is 0 Å². The molecule has 3 nitrogen and oxygen atoms in total. The first-order valence-electron chi connectivity index (χ1n) is 6.07. The third-order valence-electron chi connectivity index (χ3n) is 2.87. The van der Waals surface area contributed by atoms with E-state index in [1.807, 2.05) is 30.3 Å². The predicted molar refractivity (Wildman–Crippen MR) is 84.4 cm³/mol. The van der Waals surface area contributed by atoms with Crippen molar-refractivity contribution in [3.8, 4) is 11.5 Å². The van der Waals surface area contributed by atoms with Crippen molar-refractivity contribution < 1.29 is 9.47 Å². The number of hydrogen-bond acceptors (Lipinski definition) is 3. The Balaban J connectivity index is 2.14. The molecule has 0 radical (unpaired) electrons. The molecular formula is C15H15BrClNO2. The average Bonchev–Trinajstić information content (AvgIpc) is 2.46. The van der Waals surface area contributed by atoms with Crippen molar-refractivity contribution in [3.05, 3.63) is 57.0 Å². The fraction of sp³-hybridized carbons (Fsp3) is 0.200. The van der Waals surface area contributed by atoms with E-state index in [1.165, 1.54) is 0 Å². The molecule has 2 rings (SSSR count). The molecule has 0 aliphatic carbocycles. The fourth-order valence-corrected chi connectivity index (χ4v) is 2.42. The van der Waals surface area contributed by atoms with Crippen LogP contribution in [0.3, 0.4) is 0 Å². The largest absolute Gasteiger partial charge is 0.496 e. The van der Waals surface area contributed by atoms with Gasteiger partial charge < -0.3 is 15.2 Å². The molecule has 106 valence electrons. The lowest BCUT2D eigenvalue weighted by Gasteiger charge is -2.12. The van der Waals surface area contributed by atoms with Crippen molar-refractivity contribution in [1.29, 1.82) is 0 Å². The Morgan fingerprint density at radius 2 is 1.95 bits per heavy atom. The van der Waals surface area contributed by atoms with Gasteiger partial charge in [-0.1, -0.05) is 27.5 Å². The maximum Gasteiger partial charge on any atom is 0.125 e. The van der Waals surface area contributed by atoms with Gasteiger partial charge >= 0.3 is 0 Å². The van der Waals surface area contributed by atoms with Gasteiger partial charge in [-0.05, 0) is 42.0 Å². The van der Waals surface area contributed by atoms with Gasteiger partial charge in [0.05, 0.1) is 7.11 Å². The maximum absolute atomic E-state index is 5.99. The summed E-state index contributed by atoms with van der Waals surface area (Å²) in [5.41, 5.74) is 7.57. The van der Waals surface area contributed by atoms with E-state index in [9.17, 15) is 0 Å². The first-order valence-corrected chi connectivity index (χ1v) is 7.25. The third-order valence-corrected chi connectivity index (χ3v) is 3.88. The maximum atomic E-state index is 5.99. The van der Waals surface area contributed by atoms with E-state index in [-0.39, 0.29) is 0 Å². The number of methoxy groups -OCH3 is 1. The van der Waals surface area contributed by atoms with Gasteiger partial charge in [-0.25, -0.2) is 0 Å². The highest BCUT2D eigenvalue weighted by molar-refractivity contribution is 9.10. The summed E-state index contributed by atoms with van der Waals surface area (Å²) in [4.78, 5) is 0. The molecule has 0 aliphatic heterocycles. The second-order valence-electron chi connectivity index (χ2n) is 4.20. The zero-order valence-corrected chi connectivity index (χ0v) is 13.4. The van der Waals surface area contributed by atoms with Gasteiger partial charge in [0.2, 0.25) is 0 Å². The molecule has 2 aromatic carbocycles. The van der Waals surface area contributed by atoms with E-state index in [1.54, 1.807) is 13.2 Å². The van der Waals surface area contributed by atoms with Crippen LogP contribution in [-0.2, 0) is 13.2 Å². The number of rotatable bonds is 5. The molecule has 0 unspecified atom stereocenters. The van der Waals surface area contributed by atoms with Crippen LogP contribution >= 0.6 is 27.5 Å². The Morgan fingerprint density at radius 1 is 1.15 bits per heavy atom. The van der Waals surface area contributed by atoms with Crippen molar-refractivity contribution in [3.63, 3.8) is 0 Å². The molecule has 0 aromatic heterocycles. The van der Waals surface area contributed by atoms with Crippen LogP contribution in [0.4, 0.5) is 0 Å². The van der Waals surface area contributed by atoms with Gasteiger partial charge in [0.25, 0.3) is 0 Å². The van der Waals surface area contributed by atoms with Crippen LogP contribution in [0.5, 0.6) is 11.5 Å². The molecule has 20 heavy (non-hydrogen) atoms. The molecule has 2 N–H and O–H groups in total. The lowest BCUT2D eigenvalue weighted by molar-refractivity contribution is 0.296. The van der Waals surface area contributed by atoms with E-state index in [0.29, 0.717) is 18.2 Å². The minimum atomic E-state index is 0.384. The van der Waals surface area contributed by atoms with Crippen LogP contribution in [0, 0.1) is 0 Å². The molecule has 0 spiro atoms. The summed E-state index contributed by atoms with van der Waals surface area (Å²) in [6.07, 6.45) is 0. The third kappa shape index (κ3) is 3.66. The van der Waals surface area contributed by atoms with E-state index in [0.717, 1.165) is 27.1 Å². The van der Waals surface area contributed by atoms with Gasteiger partial charge in [-0.2, -0.15) is 0 Å². The summed E-state index contributed by atoms with van der Waals surface area (Å²) in [6, 6.07) is 11.2. The number of hydrogen-bond donors (Lipinski definition) is 1. The van der Waals surface area contributed by atoms with Gasteiger partial charge in [-0.15, -0.1) is 0 Å². The highest BCUT2D eigenvalue weighted by atomic mass is 79.9. The summed E-state index contributed by atoms with van der Waals surface area (Å²) in [5.74, 6) is 1.52. The smallest absolute Gasteiger partial charge is 0.125 e. The molecule has 2 aromatic rings. The molecule has 0 amide bonds. The van der Waals surface area contributed by atoms with Crippen LogP contribution < -0.4 is 15.2 Å². The zero-order valence-electron chi connectivity index (χ0n) is 11.0. The lowest BCUT2D eigenvalue weighted by Crippen LogP contribution is -2.01. The SMILES string of the molecule is COc1ccc(Cl)cc1COc1ccc(Br)c(CN)c1. The first-order chi connectivity index (χ1) is 9.63. The topological polar surface area (TPSA) is 44.5 Å². The van der Waals surface area contributed by atoms with Crippen molar-refractivity contribution in [2.75, 3.05) is 7.11 Å². The summed E-state index contributed by atoms with van der Waals surface area (Å²) in [7, 11) is 1.62. The van der Waals surface area contributed by atoms with Crippen LogP contribution in [0.25, 0.3) is 0 Å². The Bertz CT molecular complexity index is 604. The number of nitrogens with two attached hydrogens (primary N) is 1. The van der Waals surface area contributed by atoms with Crippen LogP contribution in [0.2, 0.25) is 5.02 Å². The lowest BCUT2D eigenvalue weighted by atomic mass is 10.2. The quantitative estimate of drug-likeness (QED) is 0.875. The molecular weight excluding hydrogens is 342 g/mol. The zero-order chi connectivity index (χ0) is 14.5. The Kier molecular flexibility index (Phi) is 5.29. The molecule has 0 saturated carbocycles. The molecule has 0 heterocycles. The van der Waals surface area contributed by atoms with Crippen molar-refractivity contribution in [2.24, 2.45) is 5.73 Å². The minimum absolute atomic E-state index is 0.384. The van der Waals surface area contributed by atoms with Crippen molar-refractivity contribution in [2.45, 2.75) is 13.2 Å². The van der Waals surface area contributed by atoms with Gasteiger partial charge in [0.15, 0.2) is 0 Å². The normalized spacial score (nSPS) is 10.4. The van der Waals surface area contributed by atoms with Gasteiger partial charge in [0, 0.05) is 21.6 Å². The van der Waals surface area contributed by atoms with Crippen LogP contribution in [0.15, 0.2) is 40.9 Å². The highest BCUT2D eigenvalue weighted by Crippen LogP contribution is 2.26. The second kappa shape index (κ2) is 6.97. The van der Waals surface area contributed by atoms with Crippen LogP contribution in [-0.4, -0.2) is 7.11 Å². The van der Waals surface area contributed by atoms with Gasteiger partial charge in [0.1, 0.15) is 18.1 Å². The van der Waals surface area contributed by atoms with Gasteiger partial charge in [-0.3, -0.25) is 0 Å². The monoisotopic (exact) mass is 355 g/mol. The number of ether oxygens (including phenoxy) is 2. The fourth-order valence-electron chi connectivity index (χ4n) is 1.82. The second-order valence-corrected chi connectivity index (χ2v) is 5.49. The predicted octanol–water partition coefficient (Wildman–Crippen LogP) is 4.15. The van der Waals surface area contributed by atoms with E-state index in [2.05, 4.69) is 15.9 Å². The molecule has 0 atom stereocenters. The average molecular weight is 357 g/mol. The Morgan fingerprint density at radius 3 is 2.65 bits per heavy atom. The Hall–Kier alpha value is -1.23. The minimum Gasteiger partial charge on any atom is -0.496 e. The van der Waals surface area contributed by atoms with E-state index >= 15 is 0 Å². The van der Waals surface area contributed by atoms with Crippen molar-refractivity contribution >= 4 is 27.5 Å². The summed E-state index contributed by atoms with van der Waals surface area (Å²) < 4.78 is 12.0. The summed E-state index contributed by atoms with van der Waals surface area (Å²) in [5, 5.41) is 0.655. The summed E-state index contributed by atoms with van der Waals surface area (Å²) in [6.45, 7) is 0.841. The standard InChI is InChI=1S/C15H15BrClNO2/c1-19-15-5-2-12(17)6-11(15)9-20-13-3-4-14(16)10(7-13)8-18/h2-7H,8-9,18H2,1H3. The van der Waals surface area contributed by atoms with Crippen molar-refractivity contribution in [1.82, 2.24) is 0 Å². The Labute approximate surface area is 131 Å². The molecule has 0 fully saturated rings. The first kappa shape index (κ1) is 15.2. The van der Waals surface area contributed by atoms with Crippen LogP contribution in [0.1, 0.15) is 11.1 Å². The highest BCUT2D eigenvalue weighted by Gasteiger charge is 2.06. The molecule has 0 saturated heterocycles. The molecule has 0 aliphatic rings. The molecule has 5 heteroatoms. The number of benzene rings is 2. The van der Waals surface area contributed by atoms with E-state index in [4.69, 9.17) is 26.8 Å². The number of halogens is 2. The summed E-state index contributed by atoms with van der Waals surface area (Å²) >= 11 is 9.44. The molecule has 0 bridgehead atoms.